The third-order valence-corrected chi connectivity index (χ3v) is 4.65. The van der Waals surface area contributed by atoms with Gasteiger partial charge in [0, 0.05) is 26.3 Å². The Hall–Kier alpha value is -2.90. The van der Waals surface area contributed by atoms with Gasteiger partial charge in [-0.15, -0.1) is 0 Å². The van der Waals surface area contributed by atoms with Crippen molar-refractivity contribution in [2.24, 2.45) is 5.16 Å². The van der Waals surface area contributed by atoms with Crippen LogP contribution in [0.25, 0.3) is 0 Å². The van der Waals surface area contributed by atoms with Crippen LogP contribution in [0.15, 0.2) is 76.4 Å². The lowest BCUT2D eigenvalue weighted by Crippen LogP contribution is -2.16. The SMILES string of the molecule is O=C(CO/N=C/c1cc(Br)ccc1OCc1ccccc1F)Nc1ccc(Cl)cc1. The number of anilines is 1. The number of nitrogens with one attached hydrogen (secondary N) is 1. The second kappa shape index (κ2) is 10.8. The molecule has 0 saturated carbocycles. The number of oxime groups is 1. The fourth-order valence-corrected chi connectivity index (χ4v) is 2.95. The van der Waals surface area contributed by atoms with Gasteiger partial charge in [-0.05, 0) is 48.5 Å². The summed E-state index contributed by atoms with van der Waals surface area (Å²) in [5.74, 6) is -0.195. The first-order valence-electron chi connectivity index (χ1n) is 8.88. The molecule has 0 fully saturated rings. The molecule has 8 heteroatoms. The second-order valence-electron chi connectivity index (χ2n) is 6.13. The van der Waals surface area contributed by atoms with Crippen LogP contribution in [0.5, 0.6) is 5.75 Å². The van der Waals surface area contributed by atoms with Crippen molar-refractivity contribution < 1.29 is 18.8 Å². The molecule has 0 aliphatic rings. The van der Waals surface area contributed by atoms with Crippen molar-refractivity contribution in [1.82, 2.24) is 0 Å². The molecule has 30 heavy (non-hydrogen) atoms. The summed E-state index contributed by atoms with van der Waals surface area (Å²) in [6.07, 6.45) is 1.43. The van der Waals surface area contributed by atoms with E-state index >= 15 is 0 Å². The molecule has 0 heterocycles. The average molecular weight is 492 g/mol. The Balaban J connectivity index is 1.56. The Kier molecular flexibility index (Phi) is 7.82. The highest BCUT2D eigenvalue weighted by molar-refractivity contribution is 9.10. The van der Waals surface area contributed by atoms with E-state index in [0.29, 0.717) is 27.6 Å². The summed E-state index contributed by atoms with van der Waals surface area (Å²) in [6.45, 7) is -0.196. The lowest BCUT2D eigenvalue weighted by molar-refractivity contribution is -0.120. The van der Waals surface area contributed by atoms with Gasteiger partial charge in [0.2, 0.25) is 0 Å². The molecule has 3 rings (SSSR count). The van der Waals surface area contributed by atoms with E-state index in [1.54, 1.807) is 60.7 Å². The number of hydrogen-bond acceptors (Lipinski definition) is 4. The Labute approximate surface area is 186 Å². The van der Waals surface area contributed by atoms with E-state index in [-0.39, 0.29) is 24.9 Å². The number of rotatable bonds is 8. The van der Waals surface area contributed by atoms with Gasteiger partial charge in [0.05, 0.1) is 6.21 Å². The van der Waals surface area contributed by atoms with Crippen molar-refractivity contribution in [1.29, 1.82) is 0 Å². The molecule has 0 radical (unpaired) electrons. The number of hydrogen-bond donors (Lipinski definition) is 1. The molecule has 0 bridgehead atoms. The minimum atomic E-state index is -0.361. The van der Waals surface area contributed by atoms with E-state index in [1.807, 2.05) is 0 Å². The molecule has 0 unspecified atom stereocenters. The Morgan fingerprint density at radius 2 is 1.90 bits per heavy atom. The van der Waals surface area contributed by atoms with Crippen molar-refractivity contribution in [3.05, 3.63) is 93.2 Å². The molecule has 0 saturated heterocycles. The lowest BCUT2D eigenvalue weighted by Gasteiger charge is -2.10. The minimum absolute atomic E-state index is 0.0689. The molecule has 0 aromatic heterocycles. The van der Waals surface area contributed by atoms with Gasteiger partial charge in [-0.2, -0.15) is 0 Å². The number of nitrogens with zero attached hydrogens (tertiary/aromatic N) is 1. The van der Waals surface area contributed by atoms with E-state index in [9.17, 15) is 9.18 Å². The monoisotopic (exact) mass is 490 g/mol. The zero-order valence-corrected chi connectivity index (χ0v) is 18.0. The fraction of sp³-hybridized carbons (Fsp3) is 0.0909. The van der Waals surface area contributed by atoms with Crippen LogP contribution in [-0.2, 0) is 16.2 Å². The number of carbonyl (C=O) groups excluding carboxylic acids is 1. The van der Waals surface area contributed by atoms with Gasteiger partial charge in [-0.25, -0.2) is 4.39 Å². The van der Waals surface area contributed by atoms with Gasteiger partial charge in [0.15, 0.2) is 6.61 Å². The van der Waals surface area contributed by atoms with Gasteiger partial charge >= 0.3 is 0 Å². The first kappa shape index (κ1) is 21.8. The van der Waals surface area contributed by atoms with Crippen molar-refractivity contribution in [2.75, 3.05) is 11.9 Å². The van der Waals surface area contributed by atoms with Gasteiger partial charge in [-0.1, -0.05) is 50.9 Å². The third kappa shape index (κ3) is 6.57. The molecular formula is C22H17BrClFN2O3. The van der Waals surface area contributed by atoms with Crippen molar-refractivity contribution in [3.63, 3.8) is 0 Å². The van der Waals surface area contributed by atoms with Gasteiger partial charge in [0.25, 0.3) is 5.91 Å². The Bertz CT molecular complexity index is 1040. The van der Waals surface area contributed by atoms with Crippen LogP contribution in [0.2, 0.25) is 5.02 Å². The largest absolute Gasteiger partial charge is 0.488 e. The third-order valence-electron chi connectivity index (χ3n) is 3.90. The van der Waals surface area contributed by atoms with Crippen LogP contribution in [0.1, 0.15) is 11.1 Å². The molecule has 0 aliphatic heterocycles. The predicted octanol–water partition coefficient (Wildman–Crippen LogP) is 5.81. The first-order chi connectivity index (χ1) is 14.5. The number of benzene rings is 3. The Morgan fingerprint density at radius 1 is 1.13 bits per heavy atom. The fourth-order valence-electron chi connectivity index (χ4n) is 2.44. The number of carbonyl (C=O) groups is 1. The van der Waals surface area contributed by atoms with E-state index in [2.05, 4.69) is 26.4 Å². The molecule has 1 N–H and O–H groups in total. The highest BCUT2D eigenvalue weighted by Gasteiger charge is 2.07. The normalized spacial score (nSPS) is 10.8. The smallest absolute Gasteiger partial charge is 0.265 e. The van der Waals surface area contributed by atoms with E-state index in [4.69, 9.17) is 21.2 Å². The molecular weight excluding hydrogens is 475 g/mol. The molecule has 5 nitrogen and oxygen atoms in total. The van der Waals surface area contributed by atoms with Crippen LogP contribution in [0, 0.1) is 5.82 Å². The molecule has 154 valence electrons. The quantitative estimate of drug-likeness (QED) is 0.319. The maximum atomic E-state index is 13.8. The summed E-state index contributed by atoms with van der Waals surface area (Å²) < 4.78 is 20.3. The molecule has 3 aromatic rings. The van der Waals surface area contributed by atoms with Crippen molar-refractivity contribution in [3.8, 4) is 5.75 Å². The summed E-state index contributed by atoms with van der Waals surface area (Å²) in [5.41, 5.74) is 1.66. The standard InChI is InChI=1S/C22H17BrClFN2O3/c23-17-5-10-21(29-13-15-3-1-2-4-20(15)25)16(11-17)12-26-30-14-22(28)27-19-8-6-18(24)7-9-19/h1-12H,13-14H2,(H,27,28)/b26-12+. The summed E-state index contributed by atoms with van der Waals surface area (Å²) in [6, 6.07) is 18.4. The summed E-state index contributed by atoms with van der Waals surface area (Å²) in [4.78, 5) is 17.0. The minimum Gasteiger partial charge on any atom is -0.488 e. The van der Waals surface area contributed by atoms with E-state index in [1.165, 1.54) is 12.3 Å². The molecule has 0 aliphatic carbocycles. The maximum absolute atomic E-state index is 13.8. The molecule has 1 amide bonds. The van der Waals surface area contributed by atoms with Crippen LogP contribution in [-0.4, -0.2) is 18.7 Å². The lowest BCUT2D eigenvalue weighted by atomic mass is 10.2. The van der Waals surface area contributed by atoms with E-state index in [0.717, 1.165) is 4.47 Å². The number of amides is 1. The zero-order chi connectivity index (χ0) is 21.3. The maximum Gasteiger partial charge on any atom is 0.265 e. The van der Waals surface area contributed by atoms with Crippen LogP contribution in [0.3, 0.4) is 0 Å². The average Bonchev–Trinajstić information content (AvgIpc) is 2.73. The predicted molar refractivity (Wildman–Crippen MR) is 119 cm³/mol. The zero-order valence-electron chi connectivity index (χ0n) is 15.6. The summed E-state index contributed by atoms with van der Waals surface area (Å²) in [5, 5.41) is 7.08. The van der Waals surface area contributed by atoms with Crippen LogP contribution in [0.4, 0.5) is 10.1 Å². The highest BCUT2D eigenvalue weighted by atomic mass is 79.9. The van der Waals surface area contributed by atoms with Crippen molar-refractivity contribution >= 4 is 45.3 Å². The van der Waals surface area contributed by atoms with Crippen LogP contribution < -0.4 is 10.1 Å². The summed E-state index contributed by atoms with van der Waals surface area (Å²) >= 11 is 9.20. The summed E-state index contributed by atoms with van der Waals surface area (Å²) in [7, 11) is 0. The first-order valence-corrected chi connectivity index (χ1v) is 10.0. The van der Waals surface area contributed by atoms with Crippen molar-refractivity contribution in [2.45, 2.75) is 6.61 Å². The van der Waals surface area contributed by atoms with Crippen LogP contribution >= 0.6 is 27.5 Å². The topological polar surface area (TPSA) is 59.9 Å². The van der Waals surface area contributed by atoms with Gasteiger partial charge < -0.3 is 14.9 Å². The molecule has 3 aromatic carbocycles. The molecule has 0 atom stereocenters. The van der Waals surface area contributed by atoms with E-state index < -0.39 is 0 Å². The van der Waals surface area contributed by atoms with Gasteiger partial charge in [-0.3, -0.25) is 4.79 Å². The van der Waals surface area contributed by atoms with Gasteiger partial charge in [0.1, 0.15) is 18.2 Å². The number of ether oxygens (including phenoxy) is 1. The highest BCUT2D eigenvalue weighted by Crippen LogP contribution is 2.23. The number of halogens is 3. The second-order valence-corrected chi connectivity index (χ2v) is 7.48. The molecule has 0 spiro atoms. The Morgan fingerprint density at radius 3 is 2.67 bits per heavy atom.